The summed E-state index contributed by atoms with van der Waals surface area (Å²) in [5, 5.41) is 11.7. The van der Waals surface area contributed by atoms with Gasteiger partial charge < -0.3 is 5.11 Å². The molecule has 4 aliphatic carbocycles. The van der Waals surface area contributed by atoms with Gasteiger partial charge in [-0.15, -0.1) is 0 Å². The van der Waals surface area contributed by atoms with E-state index >= 15 is 0 Å². The SMILES string of the molecule is CC[C@@]12CC=C(c3ccccc3)C[C@@H]1CCCc1cc(C(=O)Cc3cccnc3C)ccc12.CC[C@@]12CC[C@@](O)(c3ccccc3)C[C@@H]1CCCc1cc(C(=O)Cc3cccnc3C)ccc12. The summed E-state index contributed by atoms with van der Waals surface area (Å²) >= 11 is 0. The van der Waals surface area contributed by atoms with E-state index in [2.05, 4.69) is 103 Å². The Hall–Kier alpha value is -5.78. The zero-order chi connectivity index (χ0) is 46.6. The van der Waals surface area contributed by atoms with Crippen LogP contribution in [0.2, 0.25) is 0 Å². The molecule has 10 rings (SSSR count). The minimum atomic E-state index is -0.743. The molecule has 1 saturated carbocycles. The number of carbonyl (C=O) groups excluding carboxylic acids is 2. The first-order valence-electron chi connectivity index (χ1n) is 25.2. The third-order valence-electron chi connectivity index (χ3n) is 16.9. The molecular formula is C62H68N2O3. The number of carbonyl (C=O) groups is 2. The summed E-state index contributed by atoms with van der Waals surface area (Å²) in [7, 11) is 0. The molecule has 6 aromatic rings. The van der Waals surface area contributed by atoms with Gasteiger partial charge in [-0.25, -0.2) is 0 Å². The van der Waals surface area contributed by atoms with Gasteiger partial charge in [0.05, 0.1) is 5.60 Å². The lowest BCUT2D eigenvalue weighted by Crippen LogP contribution is -2.46. The van der Waals surface area contributed by atoms with E-state index in [1.165, 1.54) is 46.2 Å². The van der Waals surface area contributed by atoms with E-state index < -0.39 is 5.60 Å². The van der Waals surface area contributed by atoms with Crippen LogP contribution < -0.4 is 0 Å². The van der Waals surface area contributed by atoms with Crippen molar-refractivity contribution in [2.24, 2.45) is 11.8 Å². The van der Waals surface area contributed by atoms with Crippen molar-refractivity contribution in [3.63, 3.8) is 0 Å². The first-order chi connectivity index (χ1) is 32.6. The lowest BCUT2D eigenvalue weighted by atomic mass is 9.56. The first-order valence-corrected chi connectivity index (χ1v) is 25.2. The molecule has 4 aliphatic rings. The van der Waals surface area contributed by atoms with E-state index in [-0.39, 0.29) is 22.4 Å². The third kappa shape index (κ3) is 9.29. The second-order valence-corrected chi connectivity index (χ2v) is 20.2. The number of nitrogens with zero attached hydrogens (tertiary/aromatic N) is 2. The topological polar surface area (TPSA) is 80.1 Å². The molecule has 5 heteroatoms. The number of allylic oxidation sites excluding steroid dienone is 2. The van der Waals surface area contributed by atoms with Gasteiger partial charge in [0.25, 0.3) is 0 Å². The number of benzene rings is 4. The maximum atomic E-state index is 13.2. The highest BCUT2D eigenvalue weighted by Gasteiger charge is 2.50. The molecular weight excluding hydrogens is 821 g/mol. The van der Waals surface area contributed by atoms with E-state index in [1.54, 1.807) is 12.4 Å². The van der Waals surface area contributed by atoms with Crippen LogP contribution in [0.25, 0.3) is 5.57 Å². The molecule has 1 fully saturated rings. The Bertz CT molecular complexity index is 2760. The molecule has 0 aliphatic heterocycles. The standard InChI is InChI=1S/C31H35NO2.C31H33NO/c1-3-30-16-17-31(34,26-11-5-4-6-12-26)21-27(30)13-7-9-24-19-25(14-15-28(24)30)29(33)20-23-10-8-18-32-22(23)2;1-3-31-17-16-25(23-9-5-4-6-10-23)20-28(31)13-7-11-26-19-27(14-15-29(26)31)30(33)21-24-12-8-18-32-22(24)2/h4-6,8,10-12,14-15,18-19,27,34H,3,7,9,13,16-17,20-21H2,1-2H3;4-6,8-10,12,14-16,18-19,28H,3,7,11,13,17,20-21H2,1-2H3/t27-,30+,31-;28-,31+/m00/s1. The maximum absolute atomic E-state index is 13.2. The summed E-state index contributed by atoms with van der Waals surface area (Å²) in [5.41, 5.74) is 14.6. The number of fused-ring (bicyclic) bond motifs is 6. The largest absolute Gasteiger partial charge is 0.385 e. The smallest absolute Gasteiger partial charge is 0.167 e. The summed E-state index contributed by atoms with van der Waals surface area (Å²) in [5.74, 6) is 1.45. The Labute approximate surface area is 399 Å². The molecule has 2 aromatic heterocycles. The van der Waals surface area contributed by atoms with Crippen molar-refractivity contribution >= 4 is 17.1 Å². The van der Waals surface area contributed by atoms with Gasteiger partial charge in [-0.3, -0.25) is 19.6 Å². The average molecular weight is 889 g/mol. The summed E-state index contributed by atoms with van der Waals surface area (Å²) in [4.78, 5) is 35.0. The minimum absolute atomic E-state index is 0.0777. The average Bonchev–Trinajstić information content (AvgIpc) is 3.63. The Balaban J connectivity index is 0.000000168. The lowest BCUT2D eigenvalue weighted by molar-refractivity contribution is -0.0533. The minimum Gasteiger partial charge on any atom is -0.385 e. The Morgan fingerprint density at radius 1 is 0.627 bits per heavy atom. The van der Waals surface area contributed by atoms with E-state index in [0.717, 1.165) is 110 Å². The van der Waals surface area contributed by atoms with Crippen LogP contribution >= 0.6 is 0 Å². The fourth-order valence-corrected chi connectivity index (χ4v) is 12.9. The van der Waals surface area contributed by atoms with Gasteiger partial charge >= 0.3 is 0 Å². The number of aromatic nitrogens is 2. The number of hydrogen-bond donors (Lipinski definition) is 1. The number of aryl methyl sites for hydroxylation is 4. The summed E-state index contributed by atoms with van der Waals surface area (Å²) in [6.45, 7) is 8.60. The summed E-state index contributed by atoms with van der Waals surface area (Å²) < 4.78 is 0. The van der Waals surface area contributed by atoms with Crippen molar-refractivity contribution in [1.29, 1.82) is 0 Å². The van der Waals surface area contributed by atoms with Gasteiger partial charge in [-0.1, -0.05) is 117 Å². The predicted octanol–water partition coefficient (Wildman–Crippen LogP) is 13.8. The number of rotatable bonds is 10. The normalized spacial score (nSPS) is 24.2. The molecule has 0 bridgehead atoms. The second-order valence-electron chi connectivity index (χ2n) is 20.2. The van der Waals surface area contributed by atoms with Crippen LogP contribution in [0.15, 0.2) is 140 Å². The van der Waals surface area contributed by atoms with E-state index in [0.29, 0.717) is 24.7 Å². The van der Waals surface area contributed by atoms with E-state index in [9.17, 15) is 14.7 Å². The van der Waals surface area contributed by atoms with Gasteiger partial charge in [0, 0.05) is 53.2 Å². The predicted molar refractivity (Wildman–Crippen MR) is 272 cm³/mol. The number of hydrogen-bond acceptors (Lipinski definition) is 5. The fraction of sp³-hybridized carbons (Fsp3) is 0.387. The molecule has 0 amide bonds. The van der Waals surface area contributed by atoms with Gasteiger partial charge in [0.2, 0.25) is 0 Å². The first kappa shape index (κ1) is 46.3. The highest BCUT2D eigenvalue weighted by Crippen LogP contribution is 2.56. The number of Topliss-reactive ketones (excluding diaryl/α,β-unsaturated/α-hetero) is 2. The van der Waals surface area contributed by atoms with Crippen molar-refractivity contribution in [2.75, 3.05) is 0 Å². The van der Waals surface area contributed by atoms with Crippen LogP contribution in [0.3, 0.4) is 0 Å². The van der Waals surface area contributed by atoms with Gasteiger partial charge in [-0.05, 0) is 189 Å². The Kier molecular flexibility index (Phi) is 13.7. The molecule has 1 N–H and O–H groups in total. The highest BCUT2D eigenvalue weighted by atomic mass is 16.3. The molecule has 5 atom stereocenters. The Morgan fingerprint density at radius 2 is 1.16 bits per heavy atom. The summed E-state index contributed by atoms with van der Waals surface area (Å²) in [6.07, 6.45) is 20.6. The van der Waals surface area contributed by atoms with Crippen LogP contribution in [0.5, 0.6) is 0 Å². The fourth-order valence-electron chi connectivity index (χ4n) is 12.9. The van der Waals surface area contributed by atoms with Crippen LogP contribution in [0.1, 0.15) is 161 Å². The number of aliphatic hydroxyl groups is 1. The van der Waals surface area contributed by atoms with Crippen LogP contribution in [-0.4, -0.2) is 26.6 Å². The molecule has 0 unspecified atom stereocenters. The zero-order valence-corrected chi connectivity index (χ0v) is 40.2. The molecule has 4 aromatic carbocycles. The Morgan fingerprint density at radius 3 is 1.72 bits per heavy atom. The zero-order valence-electron chi connectivity index (χ0n) is 40.2. The van der Waals surface area contributed by atoms with Gasteiger partial charge in [0.15, 0.2) is 11.6 Å². The highest BCUT2D eigenvalue weighted by molar-refractivity contribution is 5.98. The van der Waals surface area contributed by atoms with Crippen molar-refractivity contribution in [1.82, 2.24) is 9.97 Å². The van der Waals surface area contributed by atoms with Crippen molar-refractivity contribution < 1.29 is 14.7 Å². The molecule has 344 valence electrons. The van der Waals surface area contributed by atoms with Crippen LogP contribution in [0.4, 0.5) is 0 Å². The van der Waals surface area contributed by atoms with Crippen molar-refractivity contribution in [2.45, 2.75) is 140 Å². The van der Waals surface area contributed by atoms with Crippen molar-refractivity contribution in [3.8, 4) is 0 Å². The lowest BCUT2D eigenvalue weighted by Gasteiger charge is -2.50. The van der Waals surface area contributed by atoms with E-state index in [4.69, 9.17) is 0 Å². The van der Waals surface area contributed by atoms with Gasteiger partial charge in [-0.2, -0.15) is 0 Å². The molecule has 2 heterocycles. The molecule has 67 heavy (non-hydrogen) atoms. The molecule has 0 radical (unpaired) electrons. The number of ketones is 2. The van der Waals surface area contributed by atoms with Crippen LogP contribution in [0, 0.1) is 25.7 Å². The van der Waals surface area contributed by atoms with Crippen LogP contribution in [-0.2, 0) is 42.1 Å². The summed E-state index contributed by atoms with van der Waals surface area (Å²) in [6, 6.07) is 42.0. The quantitative estimate of drug-likeness (QED) is 0.139. The molecule has 5 nitrogen and oxygen atoms in total. The molecule has 0 spiro atoms. The maximum Gasteiger partial charge on any atom is 0.167 e. The van der Waals surface area contributed by atoms with E-state index in [1.807, 2.05) is 62.4 Å². The third-order valence-corrected chi connectivity index (χ3v) is 16.9. The molecule has 0 saturated heterocycles. The van der Waals surface area contributed by atoms with Crippen molar-refractivity contribution in [3.05, 3.63) is 207 Å². The monoisotopic (exact) mass is 889 g/mol. The number of pyridine rings is 2. The van der Waals surface area contributed by atoms with Gasteiger partial charge in [0.1, 0.15) is 0 Å². The second kappa shape index (κ2) is 19.8.